The van der Waals surface area contributed by atoms with E-state index in [2.05, 4.69) is 46.4 Å². The molecule has 0 saturated heterocycles. The minimum absolute atomic E-state index is 0.0704. The number of fused-ring (bicyclic) bond motifs is 1. The van der Waals surface area contributed by atoms with Crippen LogP contribution < -0.4 is 5.32 Å². The SMILES string of the molecule is CC(C)NC(=O)c1nc2c(o1)CCN(C(C)c1ccccc1)C2.O=C(O)C(F)(F)F. The van der Waals surface area contributed by atoms with Gasteiger partial charge in [0.15, 0.2) is 0 Å². The zero-order valence-corrected chi connectivity index (χ0v) is 16.9. The van der Waals surface area contributed by atoms with E-state index in [1.807, 2.05) is 19.9 Å². The molecular formula is C20H24F3N3O4. The van der Waals surface area contributed by atoms with Gasteiger partial charge in [-0.15, -0.1) is 0 Å². The van der Waals surface area contributed by atoms with E-state index in [1.54, 1.807) is 0 Å². The third-order valence-corrected chi connectivity index (χ3v) is 4.44. The van der Waals surface area contributed by atoms with E-state index in [0.29, 0.717) is 12.6 Å². The number of carboxylic acids is 1. The van der Waals surface area contributed by atoms with Crippen molar-refractivity contribution in [2.45, 2.75) is 52.0 Å². The zero-order chi connectivity index (χ0) is 22.5. The molecule has 1 aliphatic rings. The number of carbonyl (C=O) groups excluding carboxylic acids is 1. The Kier molecular flexibility index (Phi) is 7.60. The molecule has 1 aromatic heterocycles. The van der Waals surface area contributed by atoms with Crippen molar-refractivity contribution >= 4 is 11.9 Å². The van der Waals surface area contributed by atoms with E-state index in [-0.39, 0.29) is 17.8 Å². The van der Waals surface area contributed by atoms with Crippen LogP contribution in [-0.2, 0) is 17.8 Å². The van der Waals surface area contributed by atoms with E-state index in [1.165, 1.54) is 5.56 Å². The van der Waals surface area contributed by atoms with Crippen LogP contribution in [0.4, 0.5) is 13.2 Å². The van der Waals surface area contributed by atoms with E-state index >= 15 is 0 Å². The summed E-state index contributed by atoms with van der Waals surface area (Å²) in [7, 11) is 0. The molecule has 7 nitrogen and oxygen atoms in total. The van der Waals surface area contributed by atoms with Gasteiger partial charge in [-0.25, -0.2) is 9.78 Å². The molecule has 0 spiro atoms. The summed E-state index contributed by atoms with van der Waals surface area (Å²) in [5, 5.41) is 9.94. The number of carboxylic acid groups (broad SMARTS) is 1. The maximum atomic E-state index is 12.0. The van der Waals surface area contributed by atoms with Gasteiger partial charge in [-0.1, -0.05) is 30.3 Å². The van der Waals surface area contributed by atoms with Crippen LogP contribution in [0.3, 0.4) is 0 Å². The van der Waals surface area contributed by atoms with Gasteiger partial charge in [-0.3, -0.25) is 9.69 Å². The van der Waals surface area contributed by atoms with Gasteiger partial charge >= 0.3 is 18.1 Å². The van der Waals surface area contributed by atoms with Gasteiger partial charge in [0.25, 0.3) is 5.89 Å². The molecule has 2 N–H and O–H groups in total. The molecule has 0 saturated carbocycles. The molecule has 0 fully saturated rings. The number of amides is 1. The molecule has 2 aromatic rings. The molecule has 1 aromatic carbocycles. The summed E-state index contributed by atoms with van der Waals surface area (Å²) in [6.45, 7) is 7.66. The first kappa shape index (κ1) is 23.4. The molecule has 0 radical (unpaired) electrons. The Hall–Kier alpha value is -2.88. The number of aromatic nitrogens is 1. The average Bonchev–Trinajstić information content (AvgIpc) is 3.11. The Balaban J connectivity index is 0.000000396. The molecule has 10 heteroatoms. The number of nitrogens with zero attached hydrogens (tertiary/aromatic N) is 2. The number of carbonyl (C=O) groups is 2. The minimum atomic E-state index is -5.08. The minimum Gasteiger partial charge on any atom is -0.475 e. The second-order valence-electron chi connectivity index (χ2n) is 7.13. The van der Waals surface area contributed by atoms with Crippen LogP contribution >= 0.6 is 0 Å². The van der Waals surface area contributed by atoms with Crippen LogP contribution in [0.5, 0.6) is 0 Å². The number of oxazole rings is 1. The zero-order valence-electron chi connectivity index (χ0n) is 16.9. The number of halogens is 3. The molecule has 1 unspecified atom stereocenters. The van der Waals surface area contributed by atoms with Gasteiger partial charge < -0.3 is 14.8 Å². The summed E-state index contributed by atoms with van der Waals surface area (Å²) in [4.78, 5) is 27.7. The number of alkyl halides is 3. The fourth-order valence-electron chi connectivity index (χ4n) is 2.91. The lowest BCUT2D eigenvalue weighted by Crippen LogP contribution is -2.32. The molecule has 0 bridgehead atoms. The quantitative estimate of drug-likeness (QED) is 0.775. The Morgan fingerprint density at radius 2 is 1.80 bits per heavy atom. The Labute approximate surface area is 171 Å². The smallest absolute Gasteiger partial charge is 0.475 e. The van der Waals surface area contributed by atoms with Crippen LogP contribution in [-0.4, -0.2) is 45.6 Å². The molecule has 1 atom stereocenters. The Morgan fingerprint density at radius 1 is 1.20 bits per heavy atom. The van der Waals surface area contributed by atoms with Crippen LogP contribution in [0.1, 0.15) is 54.5 Å². The second kappa shape index (κ2) is 9.75. The predicted octanol–water partition coefficient (Wildman–Crippen LogP) is 3.57. The van der Waals surface area contributed by atoms with Crippen LogP contribution in [0.15, 0.2) is 34.7 Å². The second-order valence-corrected chi connectivity index (χ2v) is 7.13. The fraction of sp³-hybridized carbons (Fsp3) is 0.450. The Bertz CT molecular complexity index is 866. The summed E-state index contributed by atoms with van der Waals surface area (Å²) in [6, 6.07) is 10.8. The highest BCUT2D eigenvalue weighted by Crippen LogP contribution is 2.27. The lowest BCUT2D eigenvalue weighted by molar-refractivity contribution is -0.192. The van der Waals surface area contributed by atoms with Gasteiger partial charge in [0.1, 0.15) is 5.76 Å². The highest BCUT2D eigenvalue weighted by atomic mass is 19.4. The lowest BCUT2D eigenvalue weighted by atomic mass is 10.0. The number of rotatable bonds is 4. The summed E-state index contributed by atoms with van der Waals surface area (Å²) in [5.41, 5.74) is 2.17. The number of aliphatic carboxylic acids is 1. The van der Waals surface area contributed by atoms with Crippen molar-refractivity contribution in [3.05, 3.63) is 53.2 Å². The van der Waals surface area contributed by atoms with Crippen LogP contribution in [0, 0.1) is 0 Å². The van der Waals surface area contributed by atoms with Gasteiger partial charge in [0.05, 0.1) is 5.69 Å². The van der Waals surface area contributed by atoms with Crippen molar-refractivity contribution in [2.75, 3.05) is 6.54 Å². The molecule has 1 amide bonds. The van der Waals surface area contributed by atoms with Crippen LogP contribution in [0.25, 0.3) is 0 Å². The molecule has 30 heavy (non-hydrogen) atoms. The Morgan fingerprint density at radius 3 is 2.33 bits per heavy atom. The van der Waals surface area contributed by atoms with Crippen molar-refractivity contribution in [2.24, 2.45) is 0 Å². The monoisotopic (exact) mass is 427 g/mol. The van der Waals surface area contributed by atoms with Gasteiger partial charge in [0, 0.05) is 31.6 Å². The van der Waals surface area contributed by atoms with Crippen molar-refractivity contribution in [1.82, 2.24) is 15.2 Å². The molecular weight excluding hydrogens is 403 g/mol. The van der Waals surface area contributed by atoms with Crippen molar-refractivity contribution in [3.8, 4) is 0 Å². The van der Waals surface area contributed by atoms with Crippen molar-refractivity contribution < 1.29 is 32.3 Å². The standard InChI is InChI=1S/C18H23N3O2.C2HF3O2/c1-12(2)19-17(22)18-20-15-11-21(10-9-16(15)23-18)13(3)14-7-5-4-6-8-14;3-2(4,5)1(6)7/h4-8,12-13H,9-11H2,1-3H3,(H,19,22);(H,6,7). The van der Waals surface area contributed by atoms with Crippen LogP contribution in [0.2, 0.25) is 0 Å². The summed E-state index contributed by atoms with van der Waals surface area (Å²) >= 11 is 0. The lowest BCUT2D eigenvalue weighted by Gasteiger charge is -2.31. The van der Waals surface area contributed by atoms with E-state index in [4.69, 9.17) is 14.3 Å². The van der Waals surface area contributed by atoms with Crippen molar-refractivity contribution in [3.63, 3.8) is 0 Å². The maximum absolute atomic E-state index is 12.0. The van der Waals surface area contributed by atoms with E-state index < -0.39 is 12.1 Å². The first-order chi connectivity index (χ1) is 14.0. The highest BCUT2D eigenvalue weighted by molar-refractivity contribution is 5.89. The van der Waals surface area contributed by atoms with Gasteiger partial charge in [-0.2, -0.15) is 13.2 Å². The third-order valence-electron chi connectivity index (χ3n) is 4.44. The van der Waals surface area contributed by atoms with Gasteiger partial charge in [0.2, 0.25) is 0 Å². The first-order valence-electron chi connectivity index (χ1n) is 9.37. The fourth-order valence-corrected chi connectivity index (χ4v) is 2.91. The van der Waals surface area contributed by atoms with Gasteiger partial charge in [-0.05, 0) is 26.3 Å². The van der Waals surface area contributed by atoms with E-state index in [9.17, 15) is 18.0 Å². The van der Waals surface area contributed by atoms with E-state index in [0.717, 1.165) is 24.4 Å². The van der Waals surface area contributed by atoms with Crippen molar-refractivity contribution in [1.29, 1.82) is 0 Å². The largest absolute Gasteiger partial charge is 0.490 e. The normalized spacial score (nSPS) is 15.0. The average molecular weight is 427 g/mol. The number of hydrogen-bond acceptors (Lipinski definition) is 5. The highest BCUT2D eigenvalue weighted by Gasteiger charge is 2.38. The molecule has 0 aliphatic carbocycles. The summed E-state index contributed by atoms with van der Waals surface area (Å²) in [6.07, 6.45) is -4.30. The first-order valence-corrected chi connectivity index (χ1v) is 9.37. The number of hydrogen-bond donors (Lipinski definition) is 2. The topological polar surface area (TPSA) is 95.7 Å². The molecule has 1 aliphatic heterocycles. The molecule has 164 valence electrons. The number of nitrogens with one attached hydrogen (secondary N) is 1. The predicted molar refractivity (Wildman–Crippen MR) is 102 cm³/mol. The molecule has 2 heterocycles. The third kappa shape index (κ3) is 6.31. The molecule has 3 rings (SSSR count). The summed E-state index contributed by atoms with van der Waals surface area (Å²) < 4.78 is 37.4. The summed E-state index contributed by atoms with van der Waals surface area (Å²) in [5.74, 6) is -1.97. The maximum Gasteiger partial charge on any atom is 0.490 e. The number of benzene rings is 1.